The first-order chi connectivity index (χ1) is 8.27. The normalized spacial score (nSPS) is 30.6. The number of nitrogens with one attached hydrogen (secondary N) is 1. The summed E-state index contributed by atoms with van der Waals surface area (Å²) in [7, 11) is 0. The molecule has 0 aromatic heterocycles. The number of Topliss-reactive ketones (excluding diaryl/α,β-unsaturated/α-hetero) is 1. The van der Waals surface area contributed by atoms with E-state index in [1.807, 2.05) is 0 Å². The zero-order chi connectivity index (χ0) is 12.1. The van der Waals surface area contributed by atoms with E-state index in [1.54, 1.807) is 0 Å². The van der Waals surface area contributed by atoms with Gasteiger partial charge in [0.1, 0.15) is 5.78 Å². The predicted molar refractivity (Wildman–Crippen MR) is 71.0 cm³/mol. The standard InChI is InChI=1S/C15H27NO/c1-2-8-15(9-10-16-12-15)14(17)11-13-6-4-3-5-7-13/h13,16H,2-12H2,1H3. The molecule has 2 aliphatic rings. The summed E-state index contributed by atoms with van der Waals surface area (Å²) in [5.41, 5.74) is 0.00615. The largest absolute Gasteiger partial charge is 0.316 e. The van der Waals surface area contributed by atoms with E-state index in [-0.39, 0.29) is 5.41 Å². The Kier molecular flexibility index (Phi) is 4.61. The van der Waals surface area contributed by atoms with Gasteiger partial charge in [0, 0.05) is 18.4 Å². The van der Waals surface area contributed by atoms with Gasteiger partial charge in [-0.3, -0.25) is 4.79 Å². The van der Waals surface area contributed by atoms with Gasteiger partial charge in [-0.15, -0.1) is 0 Å². The zero-order valence-electron chi connectivity index (χ0n) is 11.3. The fourth-order valence-electron chi connectivity index (χ4n) is 3.68. The second-order valence-electron chi connectivity index (χ2n) is 6.09. The molecule has 2 heteroatoms. The maximum Gasteiger partial charge on any atom is 0.140 e. The summed E-state index contributed by atoms with van der Waals surface area (Å²) in [5.74, 6) is 1.27. The molecule has 0 bridgehead atoms. The van der Waals surface area contributed by atoms with Crippen molar-refractivity contribution in [2.24, 2.45) is 11.3 Å². The summed E-state index contributed by atoms with van der Waals surface area (Å²) in [6.45, 7) is 4.18. The van der Waals surface area contributed by atoms with Crippen molar-refractivity contribution in [1.29, 1.82) is 0 Å². The Balaban J connectivity index is 1.91. The van der Waals surface area contributed by atoms with E-state index in [9.17, 15) is 4.79 Å². The van der Waals surface area contributed by atoms with E-state index < -0.39 is 0 Å². The van der Waals surface area contributed by atoms with Crippen molar-refractivity contribution in [3.05, 3.63) is 0 Å². The Morgan fingerprint density at radius 3 is 2.65 bits per heavy atom. The zero-order valence-corrected chi connectivity index (χ0v) is 11.3. The topological polar surface area (TPSA) is 29.1 Å². The predicted octanol–water partition coefficient (Wildman–Crippen LogP) is 3.31. The molecule has 1 aliphatic carbocycles. The van der Waals surface area contributed by atoms with Crippen LogP contribution >= 0.6 is 0 Å². The van der Waals surface area contributed by atoms with Gasteiger partial charge in [0.2, 0.25) is 0 Å². The number of ketones is 1. The molecule has 1 atom stereocenters. The SMILES string of the molecule is CCCC1(C(=O)CC2CCCCC2)CCNC1. The fourth-order valence-corrected chi connectivity index (χ4v) is 3.68. The van der Waals surface area contributed by atoms with E-state index in [1.165, 1.54) is 32.1 Å². The van der Waals surface area contributed by atoms with Crippen molar-refractivity contribution < 1.29 is 4.79 Å². The third kappa shape index (κ3) is 3.09. The first-order valence-corrected chi connectivity index (χ1v) is 7.51. The Morgan fingerprint density at radius 1 is 1.29 bits per heavy atom. The molecule has 1 N–H and O–H groups in total. The van der Waals surface area contributed by atoms with Gasteiger partial charge in [-0.05, 0) is 25.3 Å². The molecule has 0 amide bonds. The van der Waals surface area contributed by atoms with Crippen LogP contribution in [0.25, 0.3) is 0 Å². The van der Waals surface area contributed by atoms with Crippen LogP contribution in [0.5, 0.6) is 0 Å². The molecule has 17 heavy (non-hydrogen) atoms. The van der Waals surface area contributed by atoms with Gasteiger partial charge < -0.3 is 5.32 Å². The maximum absolute atomic E-state index is 12.6. The Bertz CT molecular complexity index is 250. The minimum atomic E-state index is 0.00615. The Morgan fingerprint density at radius 2 is 2.06 bits per heavy atom. The van der Waals surface area contributed by atoms with Crippen LogP contribution in [0.15, 0.2) is 0 Å². The lowest BCUT2D eigenvalue weighted by atomic mass is 9.73. The number of carbonyl (C=O) groups is 1. The molecule has 0 aromatic carbocycles. The number of rotatable bonds is 5. The highest BCUT2D eigenvalue weighted by Crippen LogP contribution is 2.36. The quantitative estimate of drug-likeness (QED) is 0.795. The van der Waals surface area contributed by atoms with Crippen molar-refractivity contribution >= 4 is 5.78 Å². The van der Waals surface area contributed by atoms with Gasteiger partial charge >= 0.3 is 0 Å². The molecular weight excluding hydrogens is 210 g/mol. The third-order valence-electron chi connectivity index (χ3n) is 4.76. The van der Waals surface area contributed by atoms with Crippen LogP contribution in [-0.2, 0) is 4.79 Å². The van der Waals surface area contributed by atoms with Crippen LogP contribution < -0.4 is 5.32 Å². The molecule has 1 aliphatic heterocycles. The van der Waals surface area contributed by atoms with Gasteiger partial charge in [-0.2, -0.15) is 0 Å². The molecule has 0 aromatic rings. The van der Waals surface area contributed by atoms with Crippen LogP contribution in [0.4, 0.5) is 0 Å². The molecule has 98 valence electrons. The summed E-state index contributed by atoms with van der Waals surface area (Å²) < 4.78 is 0. The highest BCUT2D eigenvalue weighted by atomic mass is 16.1. The van der Waals surface area contributed by atoms with Crippen molar-refractivity contribution in [2.75, 3.05) is 13.1 Å². The lowest BCUT2D eigenvalue weighted by Gasteiger charge is -2.29. The van der Waals surface area contributed by atoms with Gasteiger partial charge in [-0.25, -0.2) is 0 Å². The van der Waals surface area contributed by atoms with Crippen LogP contribution in [-0.4, -0.2) is 18.9 Å². The summed E-state index contributed by atoms with van der Waals surface area (Å²) in [6, 6.07) is 0. The van der Waals surface area contributed by atoms with Crippen LogP contribution in [0.2, 0.25) is 0 Å². The molecular formula is C15H27NO. The lowest BCUT2D eigenvalue weighted by molar-refractivity contribution is -0.129. The highest BCUT2D eigenvalue weighted by molar-refractivity contribution is 5.85. The summed E-state index contributed by atoms with van der Waals surface area (Å²) in [4.78, 5) is 12.6. The van der Waals surface area contributed by atoms with E-state index in [2.05, 4.69) is 12.2 Å². The van der Waals surface area contributed by atoms with Crippen LogP contribution in [0.3, 0.4) is 0 Å². The van der Waals surface area contributed by atoms with Crippen molar-refractivity contribution in [3.63, 3.8) is 0 Å². The summed E-state index contributed by atoms with van der Waals surface area (Å²) >= 11 is 0. The monoisotopic (exact) mass is 237 g/mol. The molecule has 1 unspecified atom stereocenters. The minimum absolute atomic E-state index is 0.00615. The number of hydrogen-bond acceptors (Lipinski definition) is 2. The molecule has 0 spiro atoms. The maximum atomic E-state index is 12.6. The average molecular weight is 237 g/mol. The van der Waals surface area contributed by atoms with E-state index >= 15 is 0 Å². The average Bonchev–Trinajstić information content (AvgIpc) is 2.81. The van der Waals surface area contributed by atoms with Gasteiger partial charge in [-0.1, -0.05) is 45.4 Å². The lowest BCUT2D eigenvalue weighted by Crippen LogP contribution is -2.35. The molecule has 2 fully saturated rings. The van der Waals surface area contributed by atoms with Gasteiger partial charge in [0.15, 0.2) is 0 Å². The third-order valence-corrected chi connectivity index (χ3v) is 4.76. The van der Waals surface area contributed by atoms with Crippen molar-refractivity contribution in [1.82, 2.24) is 5.32 Å². The van der Waals surface area contributed by atoms with Gasteiger partial charge in [0.05, 0.1) is 0 Å². The van der Waals surface area contributed by atoms with E-state index in [4.69, 9.17) is 0 Å². The van der Waals surface area contributed by atoms with E-state index in [0.717, 1.165) is 38.8 Å². The Hall–Kier alpha value is -0.370. The minimum Gasteiger partial charge on any atom is -0.316 e. The molecule has 1 saturated carbocycles. The molecule has 2 nitrogen and oxygen atoms in total. The second-order valence-corrected chi connectivity index (χ2v) is 6.09. The van der Waals surface area contributed by atoms with Crippen LogP contribution in [0.1, 0.15) is 64.7 Å². The van der Waals surface area contributed by atoms with Gasteiger partial charge in [0.25, 0.3) is 0 Å². The highest BCUT2D eigenvalue weighted by Gasteiger charge is 2.40. The molecule has 1 heterocycles. The van der Waals surface area contributed by atoms with Crippen molar-refractivity contribution in [3.8, 4) is 0 Å². The Labute approximate surface area is 106 Å². The van der Waals surface area contributed by atoms with Crippen LogP contribution in [0, 0.1) is 11.3 Å². The smallest absolute Gasteiger partial charge is 0.140 e. The molecule has 0 radical (unpaired) electrons. The first-order valence-electron chi connectivity index (χ1n) is 7.51. The van der Waals surface area contributed by atoms with E-state index in [0.29, 0.717) is 11.7 Å². The molecule has 1 saturated heterocycles. The first kappa shape index (κ1) is 13.1. The molecule has 2 rings (SSSR count). The fraction of sp³-hybridized carbons (Fsp3) is 0.933. The van der Waals surface area contributed by atoms with Crippen molar-refractivity contribution in [2.45, 2.75) is 64.7 Å². The summed E-state index contributed by atoms with van der Waals surface area (Å²) in [6.07, 6.45) is 10.8. The number of hydrogen-bond donors (Lipinski definition) is 1. The number of carbonyl (C=O) groups excluding carboxylic acids is 1. The second kappa shape index (κ2) is 5.99. The summed E-state index contributed by atoms with van der Waals surface area (Å²) in [5, 5.41) is 3.40.